The van der Waals surface area contributed by atoms with Gasteiger partial charge in [0.2, 0.25) is 0 Å². The van der Waals surface area contributed by atoms with Crippen molar-refractivity contribution in [1.82, 2.24) is 10.2 Å². The molecule has 21 heavy (non-hydrogen) atoms. The van der Waals surface area contributed by atoms with Gasteiger partial charge < -0.3 is 10.2 Å². The molecule has 0 saturated heterocycles. The van der Waals surface area contributed by atoms with Crippen molar-refractivity contribution in [2.45, 2.75) is 45.5 Å². The fourth-order valence-corrected chi connectivity index (χ4v) is 2.07. The number of hydrogen-bond donors (Lipinski definition) is 1. The van der Waals surface area contributed by atoms with E-state index in [0.717, 1.165) is 37.2 Å². The number of nitrogens with zero attached hydrogens (tertiary/aromatic N) is 1. The highest BCUT2D eigenvalue weighted by atomic mass is 19.4. The maximum absolute atomic E-state index is 12.5. The zero-order valence-corrected chi connectivity index (χ0v) is 13.2. The van der Waals surface area contributed by atoms with Crippen molar-refractivity contribution in [3.8, 4) is 0 Å². The van der Waals surface area contributed by atoms with E-state index in [1.54, 1.807) is 12.1 Å². The maximum atomic E-state index is 12.5. The first-order valence-electron chi connectivity index (χ1n) is 7.36. The Morgan fingerprint density at radius 2 is 1.71 bits per heavy atom. The van der Waals surface area contributed by atoms with Gasteiger partial charge in [-0.1, -0.05) is 19.1 Å². The van der Waals surface area contributed by atoms with Gasteiger partial charge in [-0.2, -0.15) is 13.2 Å². The van der Waals surface area contributed by atoms with Crippen molar-refractivity contribution in [2.75, 3.05) is 20.1 Å². The minimum absolute atomic E-state index is 0.0395. The van der Waals surface area contributed by atoms with Gasteiger partial charge in [-0.25, -0.2) is 0 Å². The van der Waals surface area contributed by atoms with Crippen molar-refractivity contribution in [3.05, 3.63) is 35.4 Å². The zero-order chi connectivity index (χ0) is 16.0. The van der Waals surface area contributed by atoms with Crippen LogP contribution in [0.25, 0.3) is 0 Å². The van der Waals surface area contributed by atoms with Crippen LogP contribution >= 0.6 is 0 Å². The molecule has 120 valence electrons. The first kappa shape index (κ1) is 18.0. The molecule has 1 aromatic carbocycles. The lowest BCUT2D eigenvalue weighted by Gasteiger charge is -2.24. The zero-order valence-electron chi connectivity index (χ0n) is 13.2. The summed E-state index contributed by atoms with van der Waals surface area (Å²) in [6.45, 7) is 8.02. The Kier molecular flexibility index (Phi) is 6.68. The quantitative estimate of drug-likeness (QED) is 0.816. The molecule has 0 fully saturated rings. The van der Waals surface area contributed by atoms with Crippen LogP contribution in [0, 0.1) is 0 Å². The molecule has 1 aromatic rings. The van der Waals surface area contributed by atoms with Gasteiger partial charge in [-0.3, -0.25) is 0 Å². The normalized spacial score (nSPS) is 15.2. The first-order chi connectivity index (χ1) is 9.75. The van der Waals surface area contributed by atoms with E-state index in [-0.39, 0.29) is 6.04 Å². The van der Waals surface area contributed by atoms with Crippen molar-refractivity contribution in [2.24, 2.45) is 0 Å². The molecule has 2 unspecified atom stereocenters. The molecule has 0 aliphatic carbocycles. The van der Waals surface area contributed by atoms with Crippen LogP contribution in [-0.2, 0) is 6.18 Å². The first-order valence-corrected chi connectivity index (χ1v) is 7.36. The maximum Gasteiger partial charge on any atom is 0.416 e. The Morgan fingerprint density at radius 1 is 1.14 bits per heavy atom. The second kappa shape index (κ2) is 7.80. The molecule has 2 atom stereocenters. The SMILES string of the molecule is CCC(C)N(C)CCNC(C)c1ccc(C(F)(F)F)cc1. The Hall–Kier alpha value is -1.07. The molecule has 0 spiro atoms. The molecule has 0 aromatic heterocycles. The van der Waals surface area contributed by atoms with Crippen LogP contribution in [-0.4, -0.2) is 31.1 Å². The van der Waals surface area contributed by atoms with Gasteiger partial charge in [0.1, 0.15) is 0 Å². The Morgan fingerprint density at radius 3 is 2.19 bits per heavy atom. The van der Waals surface area contributed by atoms with Crippen LogP contribution in [0.4, 0.5) is 13.2 Å². The number of benzene rings is 1. The van der Waals surface area contributed by atoms with Crippen molar-refractivity contribution in [1.29, 1.82) is 0 Å². The number of rotatable bonds is 7. The molecular formula is C16H25F3N2. The van der Waals surface area contributed by atoms with E-state index in [4.69, 9.17) is 0 Å². The van der Waals surface area contributed by atoms with Crippen LogP contribution in [0.2, 0.25) is 0 Å². The summed E-state index contributed by atoms with van der Waals surface area (Å²) < 4.78 is 37.5. The summed E-state index contributed by atoms with van der Waals surface area (Å²) in [5.74, 6) is 0. The predicted octanol–water partition coefficient (Wildman–Crippen LogP) is 4.09. The smallest absolute Gasteiger partial charge is 0.309 e. The predicted molar refractivity (Wildman–Crippen MR) is 80.2 cm³/mol. The van der Waals surface area contributed by atoms with Gasteiger partial charge >= 0.3 is 6.18 Å². The summed E-state index contributed by atoms with van der Waals surface area (Å²) in [6.07, 6.45) is -3.17. The molecule has 0 bridgehead atoms. The highest BCUT2D eigenvalue weighted by Crippen LogP contribution is 2.29. The fourth-order valence-electron chi connectivity index (χ4n) is 2.07. The van der Waals surface area contributed by atoms with Crippen molar-refractivity contribution < 1.29 is 13.2 Å². The highest BCUT2D eigenvalue weighted by molar-refractivity contribution is 5.26. The van der Waals surface area contributed by atoms with Crippen LogP contribution in [0.3, 0.4) is 0 Å². The molecule has 2 nitrogen and oxygen atoms in total. The van der Waals surface area contributed by atoms with Gasteiger partial charge in [-0.15, -0.1) is 0 Å². The van der Waals surface area contributed by atoms with Gasteiger partial charge in [-0.05, 0) is 45.0 Å². The van der Waals surface area contributed by atoms with E-state index in [1.807, 2.05) is 6.92 Å². The van der Waals surface area contributed by atoms with E-state index < -0.39 is 11.7 Å². The van der Waals surface area contributed by atoms with E-state index in [0.29, 0.717) is 6.04 Å². The lowest BCUT2D eigenvalue weighted by atomic mass is 10.1. The van der Waals surface area contributed by atoms with Gasteiger partial charge in [0.15, 0.2) is 0 Å². The topological polar surface area (TPSA) is 15.3 Å². The summed E-state index contributed by atoms with van der Waals surface area (Å²) in [7, 11) is 2.08. The van der Waals surface area contributed by atoms with E-state index in [1.165, 1.54) is 0 Å². The Bertz CT molecular complexity index is 415. The number of alkyl halides is 3. The average Bonchev–Trinajstić information content (AvgIpc) is 2.45. The molecule has 1 rings (SSSR count). The molecule has 0 amide bonds. The van der Waals surface area contributed by atoms with Crippen LogP contribution in [0.5, 0.6) is 0 Å². The second-order valence-corrected chi connectivity index (χ2v) is 5.53. The number of hydrogen-bond acceptors (Lipinski definition) is 2. The van der Waals surface area contributed by atoms with Gasteiger partial charge in [0.25, 0.3) is 0 Å². The van der Waals surface area contributed by atoms with Crippen LogP contribution in [0.1, 0.15) is 44.4 Å². The molecule has 1 N–H and O–H groups in total. The highest BCUT2D eigenvalue weighted by Gasteiger charge is 2.30. The minimum atomic E-state index is -4.27. The van der Waals surface area contributed by atoms with Gasteiger partial charge in [0, 0.05) is 25.2 Å². The van der Waals surface area contributed by atoms with Gasteiger partial charge in [0.05, 0.1) is 5.56 Å². The number of nitrogens with one attached hydrogen (secondary N) is 1. The van der Waals surface area contributed by atoms with E-state index in [9.17, 15) is 13.2 Å². The summed E-state index contributed by atoms with van der Waals surface area (Å²) in [5.41, 5.74) is 0.268. The summed E-state index contributed by atoms with van der Waals surface area (Å²) in [6, 6.07) is 5.93. The van der Waals surface area contributed by atoms with Crippen molar-refractivity contribution in [3.63, 3.8) is 0 Å². The van der Waals surface area contributed by atoms with Crippen LogP contribution < -0.4 is 5.32 Å². The van der Waals surface area contributed by atoms with E-state index >= 15 is 0 Å². The lowest BCUT2D eigenvalue weighted by Crippen LogP contribution is -2.35. The van der Waals surface area contributed by atoms with Crippen molar-refractivity contribution >= 4 is 0 Å². The van der Waals surface area contributed by atoms with E-state index in [2.05, 4.69) is 31.1 Å². The molecule has 0 radical (unpaired) electrons. The summed E-state index contributed by atoms with van der Waals surface area (Å²) >= 11 is 0. The molecule has 5 heteroatoms. The molecule has 0 saturated carbocycles. The molecule has 0 heterocycles. The molecular weight excluding hydrogens is 277 g/mol. The second-order valence-electron chi connectivity index (χ2n) is 5.53. The summed E-state index contributed by atoms with van der Waals surface area (Å²) in [5, 5.41) is 3.34. The minimum Gasteiger partial charge on any atom is -0.309 e. The Balaban J connectivity index is 2.47. The standard InChI is InChI=1S/C16H25F3N2/c1-5-12(2)21(4)11-10-20-13(3)14-6-8-15(9-7-14)16(17,18)19/h6-9,12-13,20H,5,10-11H2,1-4H3. The monoisotopic (exact) mass is 302 g/mol. The third-order valence-electron chi connectivity index (χ3n) is 4.00. The molecule has 0 aliphatic heterocycles. The third-order valence-corrected chi connectivity index (χ3v) is 4.00. The number of likely N-dealkylation sites (N-methyl/N-ethyl adjacent to an activating group) is 1. The lowest BCUT2D eigenvalue weighted by molar-refractivity contribution is -0.137. The largest absolute Gasteiger partial charge is 0.416 e. The number of halogens is 3. The summed E-state index contributed by atoms with van der Waals surface area (Å²) in [4.78, 5) is 2.27. The Labute approximate surface area is 125 Å². The average molecular weight is 302 g/mol. The van der Waals surface area contributed by atoms with Crippen LogP contribution in [0.15, 0.2) is 24.3 Å². The molecule has 0 aliphatic rings. The third kappa shape index (κ3) is 5.67. The fraction of sp³-hybridized carbons (Fsp3) is 0.625.